The van der Waals surface area contributed by atoms with E-state index in [1.807, 2.05) is 6.07 Å². The molecule has 3 rings (SSSR count). The second-order valence-corrected chi connectivity index (χ2v) is 7.06. The Kier molecular flexibility index (Phi) is 4.78. The summed E-state index contributed by atoms with van der Waals surface area (Å²) in [6, 6.07) is 21.4. The molecular formula is C19H15N3O3S. The quantitative estimate of drug-likeness (QED) is 0.670. The van der Waals surface area contributed by atoms with Crippen LogP contribution in [-0.2, 0) is 10.0 Å². The topological polar surface area (TPSA) is 105 Å². The molecule has 3 N–H and O–H groups in total. The molecular weight excluding hydrogens is 350 g/mol. The van der Waals surface area contributed by atoms with E-state index in [0.717, 1.165) is 0 Å². The van der Waals surface area contributed by atoms with Crippen LogP contribution in [0.1, 0.15) is 5.56 Å². The SMILES string of the molecule is N#Cc1cccc(N)c1Oc1ccc(S(=O)(=O)Nc2ccccc2)cc1. The molecule has 26 heavy (non-hydrogen) atoms. The standard InChI is InChI=1S/C19H15N3O3S/c20-13-14-5-4-8-18(21)19(14)25-16-9-11-17(12-10-16)26(23,24)22-15-6-2-1-3-7-15/h1-12,22H,21H2. The number of anilines is 2. The number of nitrogens with two attached hydrogens (primary N) is 1. The van der Waals surface area contributed by atoms with E-state index in [0.29, 0.717) is 22.7 Å². The number of sulfonamides is 1. The first kappa shape index (κ1) is 17.3. The zero-order valence-electron chi connectivity index (χ0n) is 13.6. The van der Waals surface area contributed by atoms with Crippen LogP contribution >= 0.6 is 0 Å². The highest BCUT2D eigenvalue weighted by atomic mass is 32.2. The van der Waals surface area contributed by atoms with Crippen molar-refractivity contribution < 1.29 is 13.2 Å². The van der Waals surface area contributed by atoms with Crippen molar-refractivity contribution >= 4 is 21.4 Å². The number of hydrogen-bond donors (Lipinski definition) is 2. The molecule has 0 radical (unpaired) electrons. The first-order valence-corrected chi connectivity index (χ1v) is 9.12. The molecule has 7 heteroatoms. The van der Waals surface area contributed by atoms with Gasteiger partial charge >= 0.3 is 0 Å². The van der Waals surface area contributed by atoms with Crippen LogP contribution in [0.15, 0.2) is 77.7 Å². The van der Waals surface area contributed by atoms with Gasteiger partial charge < -0.3 is 10.5 Å². The average molecular weight is 365 g/mol. The fourth-order valence-electron chi connectivity index (χ4n) is 2.28. The lowest BCUT2D eigenvalue weighted by molar-refractivity contribution is 0.483. The first-order chi connectivity index (χ1) is 12.5. The molecule has 0 unspecified atom stereocenters. The van der Waals surface area contributed by atoms with Gasteiger partial charge in [0.2, 0.25) is 0 Å². The van der Waals surface area contributed by atoms with Crippen molar-refractivity contribution in [1.29, 1.82) is 5.26 Å². The van der Waals surface area contributed by atoms with Crippen LogP contribution in [0.4, 0.5) is 11.4 Å². The molecule has 0 saturated carbocycles. The maximum atomic E-state index is 12.4. The first-order valence-electron chi connectivity index (χ1n) is 7.64. The average Bonchev–Trinajstić information content (AvgIpc) is 2.64. The van der Waals surface area contributed by atoms with Crippen LogP contribution in [-0.4, -0.2) is 8.42 Å². The summed E-state index contributed by atoms with van der Waals surface area (Å²) >= 11 is 0. The second kappa shape index (κ2) is 7.17. The third-order valence-corrected chi connectivity index (χ3v) is 4.94. The van der Waals surface area contributed by atoms with Crippen molar-refractivity contribution in [2.24, 2.45) is 0 Å². The number of nitrogen functional groups attached to an aromatic ring is 1. The summed E-state index contributed by atoms with van der Waals surface area (Å²) in [7, 11) is -3.71. The van der Waals surface area contributed by atoms with E-state index in [-0.39, 0.29) is 10.6 Å². The van der Waals surface area contributed by atoms with E-state index >= 15 is 0 Å². The molecule has 0 aliphatic heterocycles. The predicted molar refractivity (Wildman–Crippen MR) is 99.3 cm³/mol. The highest BCUT2D eigenvalue weighted by Gasteiger charge is 2.15. The van der Waals surface area contributed by atoms with E-state index in [9.17, 15) is 8.42 Å². The van der Waals surface area contributed by atoms with E-state index < -0.39 is 10.0 Å². The minimum atomic E-state index is -3.71. The number of hydrogen-bond acceptors (Lipinski definition) is 5. The zero-order valence-corrected chi connectivity index (χ0v) is 14.4. The summed E-state index contributed by atoms with van der Waals surface area (Å²) in [5.41, 5.74) is 6.95. The fraction of sp³-hybridized carbons (Fsp3) is 0. The lowest BCUT2D eigenvalue weighted by atomic mass is 10.2. The Bertz CT molecular complexity index is 1060. The molecule has 0 saturated heterocycles. The molecule has 0 fully saturated rings. The third-order valence-electron chi connectivity index (χ3n) is 3.55. The van der Waals surface area contributed by atoms with Gasteiger partial charge in [0, 0.05) is 5.69 Å². The van der Waals surface area contributed by atoms with Crippen molar-refractivity contribution in [2.75, 3.05) is 10.5 Å². The number of nitriles is 1. The molecule has 6 nitrogen and oxygen atoms in total. The summed E-state index contributed by atoms with van der Waals surface area (Å²) in [5, 5.41) is 9.14. The monoisotopic (exact) mass is 365 g/mol. The van der Waals surface area contributed by atoms with Gasteiger partial charge in [-0.15, -0.1) is 0 Å². The molecule has 0 spiro atoms. The van der Waals surface area contributed by atoms with E-state index in [1.165, 1.54) is 24.3 Å². The second-order valence-electron chi connectivity index (χ2n) is 5.38. The Morgan fingerprint density at radius 1 is 0.923 bits per heavy atom. The molecule has 0 aliphatic carbocycles. The van der Waals surface area contributed by atoms with Crippen LogP contribution in [0, 0.1) is 11.3 Å². The number of nitrogens with one attached hydrogen (secondary N) is 1. The van der Waals surface area contributed by atoms with Gasteiger partial charge in [-0.3, -0.25) is 4.72 Å². The molecule has 0 aromatic heterocycles. The Hall–Kier alpha value is -3.50. The summed E-state index contributed by atoms with van der Waals surface area (Å²) in [5.74, 6) is 0.617. The summed E-state index contributed by atoms with van der Waals surface area (Å²) in [6.45, 7) is 0. The highest BCUT2D eigenvalue weighted by molar-refractivity contribution is 7.92. The van der Waals surface area contributed by atoms with Crippen molar-refractivity contribution in [3.8, 4) is 17.6 Å². The van der Waals surface area contributed by atoms with Gasteiger partial charge in [0.05, 0.1) is 16.1 Å². The largest absolute Gasteiger partial charge is 0.454 e. The van der Waals surface area contributed by atoms with Crippen LogP contribution < -0.4 is 15.2 Å². The maximum absolute atomic E-state index is 12.4. The molecule has 0 amide bonds. The normalized spacial score (nSPS) is 10.7. The number of benzene rings is 3. The lowest BCUT2D eigenvalue weighted by Crippen LogP contribution is -2.12. The van der Waals surface area contributed by atoms with Gasteiger partial charge in [-0.25, -0.2) is 8.42 Å². The molecule has 0 bridgehead atoms. The Labute approximate surface area is 151 Å². The molecule has 0 heterocycles. The van der Waals surface area contributed by atoms with E-state index in [2.05, 4.69) is 4.72 Å². The van der Waals surface area contributed by atoms with Gasteiger partial charge in [0.1, 0.15) is 11.8 Å². The fourth-order valence-corrected chi connectivity index (χ4v) is 3.34. The molecule has 3 aromatic rings. The third kappa shape index (κ3) is 3.77. The highest BCUT2D eigenvalue weighted by Crippen LogP contribution is 2.31. The number of rotatable bonds is 5. The zero-order chi connectivity index (χ0) is 18.6. The van der Waals surface area contributed by atoms with E-state index in [1.54, 1.807) is 48.5 Å². The molecule has 3 aromatic carbocycles. The van der Waals surface area contributed by atoms with Crippen molar-refractivity contribution in [2.45, 2.75) is 4.90 Å². The lowest BCUT2D eigenvalue weighted by Gasteiger charge is -2.11. The summed E-state index contributed by atoms with van der Waals surface area (Å²) < 4.78 is 33.0. The van der Waals surface area contributed by atoms with Crippen molar-refractivity contribution in [3.05, 3.63) is 78.4 Å². The minimum Gasteiger partial charge on any atom is -0.454 e. The van der Waals surface area contributed by atoms with Gasteiger partial charge in [-0.05, 0) is 48.5 Å². The van der Waals surface area contributed by atoms with Gasteiger partial charge in [0.25, 0.3) is 10.0 Å². The number of para-hydroxylation sites is 2. The van der Waals surface area contributed by atoms with Gasteiger partial charge in [0.15, 0.2) is 5.75 Å². The Morgan fingerprint density at radius 3 is 2.27 bits per heavy atom. The maximum Gasteiger partial charge on any atom is 0.261 e. The van der Waals surface area contributed by atoms with Crippen LogP contribution in [0.5, 0.6) is 11.5 Å². The smallest absolute Gasteiger partial charge is 0.261 e. The summed E-state index contributed by atoms with van der Waals surface area (Å²) in [4.78, 5) is 0.0928. The van der Waals surface area contributed by atoms with E-state index in [4.69, 9.17) is 15.7 Å². The molecule has 0 atom stereocenters. The van der Waals surface area contributed by atoms with Gasteiger partial charge in [-0.2, -0.15) is 5.26 Å². The van der Waals surface area contributed by atoms with Crippen LogP contribution in [0.3, 0.4) is 0 Å². The molecule has 0 aliphatic rings. The van der Waals surface area contributed by atoms with Gasteiger partial charge in [-0.1, -0.05) is 24.3 Å². The Morgan fingerprint density at radius 2 is 1.62 bits per heavy atom. The summed E-state index contributed by atoms with van der Waals surface area (Å²) in [6.07, 6.45) is 0. The van der Waals surface area contributed by atoms with Crippen LogP contribution in [0.2, 0.25) is 0 Å². The number of ether oxygens (including phenoxy) is 1. The predicted octanol–water partition coefficient (Wildman–Crippen LogP) is 3.73. The molecule has 130 valence electrons. The van der Waals surface area contributed by atoms with Crippen molar-refractivity contribution in [1.82, 2.24) is 0 Å². The van der Waals surface area contributed by atoms with Crippen LogP contribution in [0.25, 0.3) is 0 Å². The minimum absolute atomic E-state index is 0.0928. The van der Waals surface area contributed by atoms with Crippen molar-refractivity contribution in [3.63, 3.8) is 0 Å². The number of nitrogens with zero attached hydrogens (tertiary/aromatic N) is 1. The Balaban J connectivity index is 1.82.